The van der Waals surface area contributed by atoms with Gasteiger partial charge in [-0.25, -0.2) is 9.78 Å². The largest absolute Gasteiger partial charge is 0.453 e. The summed E-state index contributed by atoms with van der Waals surface area (Å²) >= 11 is 1.57. The van der Waals surface area contributed by atoms with Crippen molar-refractivity contribution in [1.82, 2.24) is 20.5 Å². The highest BCUT2D eigenvalue weighted by Crippen LogP contribution is 2.54. The number of aromatic nitrogens is 1. The highest BCUT2D eigenvalue weighted by Gasteiger charge is 2.52. The number of nitrogens with zero attached hydrogens (tertiary/aromatic N) is 4. The van der Waals surface area contributed by atoms with Crippen LogP contribution >= 0.6 is 11.3 Å². The van der Waals surface area contributed by atoms with Crippen LogP contribution in [-0.2, 0) is 20.9 Å². The summed E-state index contributed by atoms with van der Waals surface area (Å²) in [4.78, 5) is 54.9. The van der Waals surface area contributed by atoms with Crippen molar-refractivity contribution in [3.05, 3.63) is 88.6 Å². The Morgan fingerprint density at radius 2 is 1.50 bits per heavy atom. The summed E-state index contributed by atoms with van der Waals surface area (Å²) in [5.41, 5.74) is 9.09. The van der Waals surface area contributed by atoms with Crippen LogP contribution in [0.2, 0.25) is 0 Å². The highest BCUT2D eigenvalue weighted by atomic mass is 32.1. The lowest BCUT2D eigenvalue weighted by atomic mass is 9.75. The van der Waals surface area contributed by atoms with Crippen LogP contribution in [0.25, 0.3) is 22.3 Å². The normalized spacial score (nSPS) is 25.0. The van der Waals surface area contributed by atoms with Gasteiger partial charge in [0, 0.05) is 66.6 Å². The van der Waals surface area contributed by atoms with E-state index < -0.39 is 12.1 Å². The Hall–Kier alpha value is -4.90. The van der Waals surface area contributed by atoms with Crippen LogP contribution in [0.1, 0.15) is 74.9 Å². The molecule has 54 heavy (non-hydrogen) atoms. The third-order valence-corrected chi connectivity index (χ3v) is 13.0. The molecule has 2 aliphatic carbocycles. The molecular weight excluding hydrogens is 697 g/mol. The van der Waals surface area contributed by atoms with Crippen molar-refractivity contribution in [2.75, 3.05) is 13.7 Å². The second-order valence-electron chi connectivity index (χ2n) is 15.6. The van der Waals surface area contributed by atoms with Gasteiger partial charge in [0.25, 0.3) is 0 Å². The van der Waals surface area contributed by atoms with Crippen molar-refractivity contribution < 1.29 is 19.1 Å². The number of ether oxygens (including phenoxy) is 1. The van der Waals surface area contributed by atoms with Gasteiger partial charge in [0.2, 0.25) is 11.8 Å². The number of amides is 3. The second kappa shape index (κ2) is 15.5. The molecule has 0 radical (unpaired) electrons. The van der Waals surface area contributed by atoms with Crippen molar-refractivity contribution >= 4 is 51.8 Å². The average Bonchev–Trinajstić information content (AvgIpc) is 4.05. The van der Waals surface area contributed by atoms with Gasteiger partial charge in [0.15, 0.2) is 0 Å². The number of aliphatic imine (C=N–C) groups is 2. The van der Waals surface area contributed by atoms with E-state index in [0.717, 1.165) is 65.1 Å². The summed E-state index contributed by atoms with van der Waals surface area (Å²) in [7, 11) is 1.31. The fourth-order valence-corrected chi connectivity index (χ4v) is 9.99. The van der Waals surface area contributed by atoms with Crippen LogP contribution in [0, 0.1) is 29.6 Å². The lowest BCUT2D eigenvalue weighted by Gasteiger charge is -2.31. The van der Waals surface area contributed by atoms with Crippen LogP contribution in [0.5, 0.6) is 0 Å². The molecule has 0 spiro atoms. The summed E-state index contributed by atoms with van der Waals surface area (Å²) in [6.45, 7) is 5.00. The molecule has 0 unspecified atom stereocenters. The number of nitrogens with one attached hydrogen (secondary N) is 2. The van der Waals surface area contributed by atoms with Crippen LogP contribution in [0.3, 0.4) is 0 Å². The molecule has 3 aromatic rings. The SMILES string of the molecule is COC(=O)N[C@H](C(=O)N1CCC[C@H]1C1=NC=C(c2ccc(-c3ccc(C4=CN=C([C@@H]5[C@H]6CC[C@H](C6)[C@H]5C(=O)NCc5nccs5)C4)cc3)cc2)C1)C(C)C. The van der Waals surface area contributed by atoms with E-state index in [1.165, 1.54) is 30.4 Å². The number of carbonyl (C=O) groups excluding carboxylic acids is 3. The molecule has 6 atom stereocenters. The number of hydrogen-bond acceptors (Lipinski definition) is 8. The summed E-state index contributed by atoms with van der Waals surface area (Å²) < 4.78 is 4.77. The molecule has 4 heterocycles. The number of hydrogen-bond donors (Lipinski definition) is 2. The zero-order valence-electron chi connectivity index (χ0n) is 31.2. The number of thiazole rings is 1. The second-order valence-corrected chi connectivity index (χ2v) is 16.6. The third-order valence-electron chi connectivity index (χ3n) is 12.2. The van der Waals surface area contributed by atoms with Crippen molar-refractivity contribution in [1.29, 1.82) is 0 Å². The summed E-state index contributed by atoms with van der Waals surface area (Å²) in [6, 6.07) is 16.6. The number of carbonyl (C=O) groups is 3. The molecule has 2 N–H and O–H groups in total. The first-order valence-electron chi connectivity index (χ1n) is 19.3. The summed E-state index contributed by atoms with van der Waals surface area (Å²) in [5.74, 6) is 1.21. The summed E-state index contributed by atoms with van der Waals surface area (Å²) in [6.07, 6.45) is 11.9. The standard InChI is InChI=1S/C43H48N6O4S/c1-25(2)40(48-43(52)53-3)42(51)49-17-4-5-36(49)34-20-32(22-45-34)28-10-6-26(7-11-28)27-8-12-29(13-9-27)33-21-35(46-23-33)38-30-14-15-31(19-30)39(38)41(50)47-24-37-44-16-18-54-37/h6-13,16,18,22-23,25,30-31,36,38-40H,4-5,14-15,17,19-21,24H2,1-3H3,(H,47,50)(H,48,52)/t30-,31+,36-,38-,39+,40-/m0/s1. The van der Waals surface area contributed by atoms with Crippen LogP contribution in [0.4, 0.5) is 4.79 Å². The molecule has 280 valence electrons. The maximum absolute atomic E-state index is 13.6. The van der Waals surface area contributed by atoms with Gasteiger partial charge in [-0.05, 0) is 83.3 Å². The first-order chi connectivity index (χ1) is 26.3. The molecule has 5 aliphatic rings. The first-order valence-corrected chi connectivity index (χ1v) is 20.2. The van der Waals surface area contributed by atoms with Gasteiger partial charge in [-0.2, -0.15) is 0 Å². The molecular formula is C43H48N6O4S. The number of alkyl carbamates (subject to hydrolysis) is 1. The predicted octanol–water partition coefficient (Wildman–Crippen LogP) is 7.53. The van der Waals surface area contributed by atoms with E-state index >= 15 is 0 Å². The minimum Gasteiger partial charge on any atom is -0.453 e. The average molecular weight is 745 g/mol. The fourth-order valence-electron chi connectivity index (χ4n) is 9.43. The third kappa shape index (κ3) is 7.18. The minimum absolute atomic E-state index is 0.000339. The minimum atomic E-state index is -0.644. The number of likely N-dealkylation sites (tertiary alicyclic amines) is 1. The van der Waals surface area contributed by atoms with E-state index in [2.05, 4.69) is 64.1 Å². The maximum Gasteiger partial charge on any atom is 0.407 e. The van der Waals surface area contributed by atoms with E-state index in [9.17, 15) is 14.4 Å². The quantitative estimate of drug-likeness (QED) is 0.210. The molecule has 2 aromatic carbocycles. The molecule has 11 heteroatoms. The van der Waals surface area contributed by atoms with Gasteiger partial charge in [-0.15, -0.1) is 11.3 Å². The maximum atomic E-state index is 13.6. The molecule has 1 saturated heterocycles. The highest BCUT2D eigenvalue weighted by molar-refractivity contribution is 7.09. The fraction of sp³-hybridized carbons (Fsp3) is 0.442. The van der Waals surface area contributed by atoms with Gasteiger partial charge >= 0.3 is 6.09 Å². The van der Waals surface area contributed by atoms with Crippen LogP contribution < -0.4 is 10.6 Å². The zero-order chi connectivity index (χ0) is 37.3. The lowest BCUT2D eigenvalue weighted by Crippen LogP contribution is -2.53. The molecule has 1 aromatic heterocycles. The van der Waals surface area contributed by atoms with Crippen LogP contribution in [-0.4, -0.2) is 65.0 Å². The Morgan fingerprint density at radius 1 is 0.870 bits per heavy atom. The van der Waals surface area contributed by atoms with Gasteiger partial charge < -0.3 is 20.3 Å². The van der Waals surface area contributed by atoms with E-state index in [1.807, 2.05) is 36.5 Å². The topological polar surface area (TPSA) is 125 Å². The Kier molecular flexibility index (Phi) is 10.3. The monoisotopic (exact) mass is 744 g/mol. The van der Waals surface area contributed by atoms with E-state index in [-0.39, 0.29) is 35.6 Å². The number of fused-ring (bicyclic) bond motifs is 2. The van der Waals surface area contributed by atoms with E-state index in [1.54, 1.807) is 17.5 Å². The van der Waals surface area contributed by atoms with Crippen molar-refractivity contribution in [2.24, 2.45) is 39.6 Å². The number of methoxy groups -OCH3 is 1. The lowest BCUT2D eigenvalue weighted by molar-refractivity contribution is -0.134. The molecule has 3 amide bonds. The van der Waals surface area contributed by atoms with Crippen molar-refractivity contribution in [3.8, 4) is 11.1 Å². The zero-order valence-corrected chi connectivity index (χ0v) is 32.0. The van der Waals surface area contributed by atoms with Gasteiger partial charge in [-0.1, -0.05) is 62.4 Å². The smallest absolute Gasteiger partial charge is 0.407 e. The molecule has 2 bridgehead atoms. The Balaban J connectivity index is 0.864. The molecule has 3 aliphatic heterocycles. The molecule has 3 fully saturated rings. The van der Waals surface area contributed by atoms with Crippen molar-refractivity contribution in [3.63, 3.8) is 0 Å². The van der Waals surface area contributed by atoms with E-state index in [4.69, 9.17) is 14.7 Å². The number of benzene rings is 2. The van der Waals surface area contributed by atoms with Gasteiger partial charge in [0.05, 0.1) is 19.7 Å². The molecule has 10 nitrogen and oxygen atoms in total. The number of rotatable bonds is 11. The Labute approximate surface area is 320 Å². The van der Waals surface area contributed by atoms with Gasteiger partial charge in [0.1, 0.15) is 11.0 Å². The van der Waals surface area contributed by atoms with Gasteiger partial charge in [-0.3, -0.25) is 19.6 Å². The summed E-state index contributed by atoms with van der Waals surface area (Å²) in [5, 5.41) is 8.79. The van der Waals surface area contributed by atoms with Crippen molar-refractivity contribution in [2.45, 2.75) is 77.4 Å². The molecule has 8 rings (SSSR count). The molecule has 2 saturated carbocycles. The predicted molar refractivity (Wildman–Crippen MR) is 213 cm³/mol. The number of allylic oxidation sites excluding steroid dienone is 2. The first kappa shape index (κ1) is 36.1. The van der Waals surface area contributed by atoms with E-state index in [0.29, 0.717) is 31.3 Å². The Morgan fingerprint density at radius 3 is 2.13 bits per heavy atom. The Bertz CT molecular complexity index is 2020. The van der Waals surface area contributed by atoms with Crippen LogP contribution in [0.15, 0.2) is 82.5 Å².